The van der Waals surface area contributed by atoms with E-state index in [1.807, 2.05) is 18.2 Å². The number of anilines is 1. The van der Waals surface area contributed by atoms with Crippen molar-refractivity contribution in [2.24, 2.45) is 0 Å². The number of hydrogen-bond donors (Lipinski definition) is 1. The molecule has 10 heteroatoms. The second kappa shape index (κ2) is 7.99. The van der Waals surface area contributed by atoms with Crippen LogP contribution in [0.15, 0.2) is 27.8 Å². The van der Waals surface area contributed by atoms with Gasteiger partial charge in [0.1, 0.15) is 16.6 Å². The molecule has 0 radical (unpaired) electrons. The van der Waals surface area contributed by atoms with Gasteiger partial charge in [0.15, 0.2) is 5.15 Å². The molecule has 4 rings (SSSR count). The number of piperazine rings is 1. The van der Waals surface area contributed by atoms with Crippen LogP contribution in [0.1, 0.15) is 17.5 Å². The van der Waals surface area contributed by atoms with Crippen molar-refractivity contribution < 1.29 is 0 Å². The van der Waals surface area contributed by atoms with Crippen LogP contribution in [0.25, 0.3) is 10.2 Å². The Morgan fingerprint density at radius 1 is 1.28 bits per heavy atom. The maximum Gasteiger partial charge on any atom is 0.329 e. The summed E-state index contributed by atoms with van der Waals surface area (Å²) in [7, 11) is 0. The highest BCUT2D eigenvalue weighted by Gasteiger charge is 2.21. The molecule has 0 saturated carbocycles. The molecule has 1 aliphatic rings. The van der Waals surface area contributed by atoms with Crippen molar-refractivity contribution in [3.05, 3.63) is 54.8 Å². The number of rotatable bonds is 4. The molecule has 0 atom stereocenters. The summed E-state index contributed by atoms with van der Waals surface area (Å²) in [6, 6.07) is 7.39. The summed E-state index contributed by atoms with van der Waals surface area (Å²) < 4.78 is 1.22. The Kier molecular flexibility index (Phi) is 5.41. The topological polar surface area (TPSA) is 98.0 Å². The molecule has 0 aliphatic carbocycles. The highest BCUT2D eigenvalue weighted by Crippen LogP contribution is 2.26. The number of nitrogens with one attached hydrogen (secondary N) is 1. The molecular weight excluding hydrogens is 412 g/mol. The lowest BCUT2D eigenvalue weighted by atomic mass is 10.2. The quantitative estimate of drug-likeness (QED) is 0.636. The zero-order valence-electron chi connectivity index (χ0n) is 15.8. The minimum Gasteiger partial charge on any atom is -0.366 e. The maximum absolute atomic E-state index is 12.5. The van der Waals surface area contributed by atoms with Gasteiger partial charge in [-0.2, -0.15) is 5.26 Å². The lowest BCUT2D eigenvalue weighted by Crippen LogP contribution is -2.46. The molecule has 1 aliphatic heterocycles. The van der Waals surface area contributed by atoms with Gasteiger partial charge in [-0.25, -0.2) is 9.78 Å². The van der Waals surface area contributed by atoms with Crippen LogP contribution in [0.4, 0.5) is 5.69 Å². The number of halogens is 1. The SMILES string of the molecule is CCn1c(=O)[nH]c2sc(CN3CCN(c4ccc(C#N)nc4Cl)CC3)cc2c1=O. The number of aromatic amines is 1. The molecule has 29 heavy (non-hydrogen) atoms. The predicted molar refractivity (Wildman–Crippen MR) is 114 cm³/mol. The van der Waals surface area contributed by atoms with Crippen LogP contribution in [0.3, 0.4) is 0 Å². The maximum atomic E-state index is 12.5. The van der Waals surface area contributed by atoms with Crippen LogP contribution in [-0.4, -0.2) is 45.6 Å². The molecule has 150 valence electrons. The summed E-state index contributed by atoms with van der Waals surface area (Å²) in [4.78, 5) is 37.5. The van der Waals surface area contributed by atoms with Crippen LogP contribution >= 0.6 is 22.9 Å². The zero-order chi connectivity index (χ0) is 20.5. The number of H-pyrrole nitrogens is 1. The van der Waals surface area contributed by atoms with Gasteiger partial charge >= 0.3 is 5.69 Å². The minimum atomic E-state index is -0.361. The van der Waals surface area contributed by atoms with Gasteiger partial charge < -0.3 is 4.90 Å². The largest absolute Gasteiger partial charge is 0.366 e. The molecule has 3 aromatic rings. The van der Waals surface area contributed by atoms with E-state index in [1.165, 1.54) is 15.9 Å². The number of nitrogens with zero attached hydrogens (tertiary/aromatic N) is 5. The Hall–Kier alpha value is -2.67. The van der Waals surface area contributed by atoms with Crippen molar-refractivity contribution in [1.82, 2.24) is 19.4 Å². The second-order valence-corrected chi connectivity index (χ2v) is 8.31. The van der Waals surface area contributed by atoms with Gasteiger partial charge in [0.25, 0.3) is 5.56 Å². The van der Waals surface area contributed by atoms with Gasteiger partial charge in [-0.1, -0.05) is 11.6 Å². The zero-order valence-corrected chi connectivity index (χ0v) is 17.4. The molecule has 0 aromatic carbocycles. The monoisotopic (exact) mass is 430 g/mol. The summed E-state index contributed by atoms with van der Waals surface area (Å²) in [5, 5.41) is 9.84. The summed E-state index contributed by atoms with van der Waals surface area (Å²) in [5.74, 6) is 0. The Morgan fingerprint density at radius 3 is 2.69 bits per heavy atom. The average Bonchev–Trinajstić information content (AvgIpc) is 3.11. The molecule has 0 spiro atoms. The fourth-order valence-corrected chi connectivity index (χ4v) is 4.91. The van der Waals surface area contributed by atoms with Crippen molar-refractivity contribution in [2.45, 2.75) is 20.0 Å². The highest BCUT2D eigenvalue weighted by atomic mass is 35.5. The fourth-order valence-electron chi connectivity index (χ4n) is 3.55. The molecule has 8 nitrogen and oxygen atoms in total. The first-order valence-corrected chi connectivity index (χ1v) is 10.5. The standard InChI is InChI=1S/C19H19ClN6O2S/c1-2-26-18(27)14-9-13(29-17(14)23-19(26)28)11-24-5-7-25(8-6-24)15-4-3-12(10-21)22-16(15)20/h3-4,9H,2,5-8,11H2,1H3,(H,23,28). The third kappa shape index (κ3) is 3.79. The molecule has 1 fully saturated rings. The molecular formula is C19H19ClN6O2S. The first kappa shape index (κ1) is 19.6. The van der Waals surface area contributed by atoms with E-state index in [9.17, 15) is 9.59 Å². The molecule has 0 amide bonds. The third-order valence-corrected chi connectivity index (χ3v) is 6.39. The van der Waals surface area contributed by atoms with Gasteiger partial charge in [-0.3, -0.25) is 19.2 Å². The molecule has 1 N–H and O–H groups in total. The number of pyridine rings is 1. The lowest BCUT2D eigenvalue weighted by molar-refractivity contribution is 0.252. The van der Waals surface area contributed by atoms with Gasteiger partial charge in [0.2, 0.25) is 0 Å². The molecule has 0 unspecified atom stereocenters. The van der Waals surface area contributed by atoms with Gasteiger partial charge in [0.05, 0.1) is 11.1 Å². The lowest BCUT2D eigenvalue weighted by Gasteiger charge is -2.36. The summed E-state index contributed by atoms with van der Waals surface area (Å²) in [5.41, 5.74) is 0.550. The Morgan fingerprint density at radius 2 is 2.03 bits per heavy atom. The Labute approximate surface area is 175 Å². The van der Waals surface area contributed by atoms with Gasteiger partial charge in [-0.05, 0) is 25.1 Å². The predicted octanol–water partition coefficient (Wildman–Crippen LogP) is 2.01. The van der Waals surface area contributed by atoms with E-state index in [1.54, 1.807) is 13.0 Å². The summed E-state index contributed by atoms with van der Waals surface area (Å²) in [6.45, 7) is 6.10. The van der Waals surface area contributed by atoms with E-state index in [4.69, 9.17) is 16.9 Å². The Bertz CT molecular complexity index is 1220. The van der Waals surface area contributed by atoms with Crippen molar-refractivity contribution in [3.8, 4) is 6.07 Å². The summed E-state index contributed by atoms with van der Waals surface area (Å²) >= 11 is 7.68. The van der Waals surface area contributed by atoms with Crippen LogP contribution in [0.2, 0.25) is 5.15 Å². The Balaban J connectivity index is 1.46. The normalized spacial score (nSPS) is 15.0. The number of aromatic nitrogens is 3. The first-order chi connectivity index (χ1) is 14.0. The van der Waals surface area contributed by atoms with E-state index >= 15 is 0 Å². The van der Waals surface area contributed by atoms with Crippen molar-refractivity contribution in [1.29, 1.82) is 5.26 Å². The minimum absolute atomic E-state index is 0.235. The van der Waals surface area contributed by atoms with Crippen molar-refractivity contribution in [3.63, 3.8) is 0 Å². The third-order valence-electron chi connectivity index (χ3n) is 5.08. The average molecular weight is 431 g/mol. The molecule has 1 saturated heterocycles. The second-order valence-electron chi connectivity index (χ2n) is 6.82. The van der Waals surface area contributed by atoms with Gasteiger partial charge in [0, 0.05) is 44.1 Å². The fraction of sp³-hybridized carbons (Fsp3) is 0.368. The number of nitriles is 1. The number of fused-ring (bicyclic) bond motifs is 1. The first-order valence-electron chi connectivity index (χ1n) is 9.29. The van der Waals surface area contributed by atoms with Crippen LogP contribution in [0.5, 0.6) is 0 Å². The van der Waals surface area contributed by atoms with Gasteiger partial charge in [-0.15, -0.1) is 11.3 Å². The van der Waals surface area contributed by atoms with Crippen molar-refractivity contribution in [2.75, 3.05) is 31.1 Å². The summed E-state index contributed by atoms with van der Waals surface area (Å²) in [6.07, 6.45) is 0. The number of hydrogen-bond acceptors (Lipinski definition) is 7. The van der Waals surface area contributed by atoms with E-state index in [0.29, 0.717) is 27.6 Å². The van der Waals surface area contributed by atoms with E-state index in [0.717, 1.165) is 43.3 Å². The molecule has 4 heterocycles. The smallest absolute Gasteiger partial charge is 0.329 e. The van der Waals surface area contributed by atoms with Crippen LogP contribution < -0.4 is 16.1 Å². The van der Waals surface area contributed by atoms with E-state index in [-0.39, 0.29) is 11.2 Å². The van der Waals surface area contributed by atoms with E-state index < -0.39 is 0 Å². The highest BCUT2D eigenvalue weighted by molar-refractivity contribution is 7.18. The van der Waals surface area contributed by atoms with Crippen molar-refractivity contribution >= 4 is 38.8 Å². The van der Waals surface area contributed by atoms with E-state index in [2.05, 4.69) is 19.8 Å². The number of thiophene rings is 1. The molecule has 0 bridgehead atoms. The van der Waals surface area contributed by atoms with Crippen LogP contribution in [-0.2, 0) is 13.1 Å². The molecule has 3 aromatic heterocycles. The van der Waals surface area contributed by atoms with Crippen LogP contribution in [0, 0.1) is 11.3 Å².